The molecule has 0 aromatic heterocycles. The van der Waals surface area contributed by atoms with Gasteiger partial charge in [0.05, 0.1) is 0 Å². The monoisotopic (exact) mass is 351 g/mol. The summed E-state index contributed by atoms with van der Waals surface area (Å²) in [5, 5.41) is 3.37. The molecule has 1 nitrogen and oxygen atoms in total. The highest BCUT2D eigenvalue weighted by Gasteiger charge is 1.99. The van der Waals surface area contributed by atoms with Crippen LogP contribution in [0.3, 0.4) is 0 Å². The molecule has 0 saturated carbocycles. The van der Waals surface area contributed by atoms with E-state index in [-0.39, 0.29) is 11.6 Å². The molecule has 0 amide bonds. The highest BCUT2D eigenvalue weighted by Crippen LogP contribution is 2.11. The number of rotatable bonds is 8. The molecule has 3 aromatic carbocycles. The molecular weight excluding hydrogens is 328 g/mol. The maximum Gasteiger partial charge on any atom is 0.123 e. The van der Waals surface area contributed by atoms with E-state index in [2.05, 4.69) is 29.6 Å². The molecule has 3 aromatic rings. The van der Waals surface area contributed by atoms with Crippen molar-refractivity contribution < 1.29 is 8.78 Å². The molecule has 0 bridgehead atoms. The third-order valence-electron chi connectivity index (χ3n) is 4.44. The van der Waals surface area contributed by atoms with Gasteiger partial charge in [-0.1, -0.05) is 48.5 Å². The van der Waals surface area contributed by atoms with Crippen LogP contribution in [-0.4, -0.2) is 0 Å². The molecule has 0 unspecified atom stereocenters. The smallest absolute Gasteiger partial charge is 0.123 e. The average Bonchev–Trinajstić information content (AvgIpc) is 2.66. The van der Waals surface area contributed by atoms with Gasteiger partial charge < -0.3 is 5.32 Å². The molecular formula is C23H23F2N. The Labute approximate surface area is 153 Å². The fourth-order valence-corrected chi connectivity index (χ4v) is 2.92. The molecule has 0 aliphatic carbocycles. The molecule has 0 aliphatic rings. The molecule has 3 rings (SSSR count). The summed E-state index contributed by atoms with van der Waals surface area (Å²) < 4.78 is 25.8. The zero-order valence-corrected chi connectivity index (χ0v) is 14.7. The van der Waals surface area contributed by atoms with E-state index in [0.717, 1.165) is 37.9 Å². The largest absolute Gasteiger partial charge is 0.309 e. The first-order chi connectivity index (χ1) is 12.7. The van der Waals surface area contributed by atoms with E-state index < -0.39 is 0 Å². The van der Waals surface area contributed by atoms with E-state index in [4.69, 9.17) is 0 Å². The first kappa shape index (κ1) is 18.3. The quantitative estimate of drug-likeness (QED) is 0.571. The second-order valence-electron chi connectivity index (χ2n) is 6.53. The number of hydrogen-bond donors (Lipinski definition) is 1. The van der Waals surface area contributed by atoms with Crippen LogP contribution in [0.2, 0.25) is 0 Å². The standard InChI is InChI=1S/C23H23F2N/c24-22-12-8-19(9-13-22)3-1-2-18-4-6-20(7-5-18)16-26-17-21-10-14-23(25)15-11-21/h4-15,26H,1-3,16-17H2. The Balaban J connectivity index is 1.40. The molecule has 1 N–H and O–H groups in total. The molecule has 0 fully saturated rings. The molecule has 0 saturated heterocycles. The van der Waals surface area contributed by atoms with E-state index in [0.29, 0.717) is 0 Å². The van der Waals surface area contributed by atoms with Gasteiger partial charge in [0.25, 0.3) is 0 Å². The minimum atomic E-state index is -0.205. The van der Waals surface area contributed by atoms with Crippen molar-refractivity contribution in [3.63, 3.8) is 0 Å². The molecule has 26 heavy (non-hydrogen) atoms. The predicted molar refractivity (Wildman–Crippen MR) is 102 cm³/mol. The van der Waals surface area contributed by atoms with Crippen LogP contribution in [0, 0.1) is 11.6 Å². The summed E-state index contributed by atoms with van der Waals surface area (Å²) in [4.78, 5) is 0. The van der Waals surface area contributed by atoms with Gasteiger partial charge in [-0.15, -0.1) is 0 Å². The molecule has 0 aliphatic heterocycles. The lowest BCUT2D eigenvalue weighted by Gasteiger charge is -2.07. The summed E-state index contributed by atoms with van der Waals surface area (Å²) in [7, 11) is 0. The number of hydrogen-bond acceptors (Lipinski definition) is 1. The number of aryl methyl sites for hydroxylation is 2. The first-order valence-corrected chi connectivity index (χ1v) is 8.96. The minimum Gasteiger partial charge on any atom is -0.309 e. The minimum absolute atomic E-state index is 0.183. The van der Waals surface area contributed by atoms with Crippen LogP contribution in [-0.2, 0) is 25.9 Å². The summed E-state index contributed by atoms with van der Waals surface area (Å²) in [5.74, 6) is -0.388. The summed E-state index contributed by atoms with van der Waals surface area (Å²) >= 11 is 0. The molecule has 3 heteroatoms. The van der Waals surface area contributed by atoms with Gasteiger partial charge in [-0.2, -0.15) is 0 Å². The second-order valence-corrected chi connectivity index (χ2v) is 6.53. The highest BCUT2D eigenvalue weighted by atomic mass is 19.1. The lowest BCUT2D eigenvalue weighted by atomic mass is 10.0. The van der Waals surface area contributed by atoms with E-state index in [9.17, 15) is 8.78 Å². The molecule has 0 radical (unpaired) electrons. The fraction of sp³-hybridized carbons (Fsp3) is 0.217. The van der Waals surface area contributed by atoms with Crippen LogP contribution >= 0.6 is 0 Å². The maximum absolute atomic E-state index is 12.9. The van der Waals surface area contributed by atoms with Gasteiger partial charge in [-0.05, 0) is 65.8 Å². The molecule has 0 heterocycles. The van der Waals surface area contributed by atoms with Crippen molar-refractivity contribution in [1.29, 1.82) is 0 Å². The van der Waals surface area contributed by atoms with E-state index in [1.54, 1.807) is 12.1 Å². The van der Waals surface area contributed by atoms with Crippen LogP contribution in [0.5, 0.6) is 0 Å². The van der Waals surface area contributed by atoms with Crippen LogP contribution < -0.4 is 5.32 Å². The van der Waals surface area contributed by atoms with Crippen molar-refractivity contribution >= 4 is 0 Å². The Kier molecular flexibility index (Phi) is 6.50. The van der Waals surface area contributed by atoms with Gasteiger partial charge >= 0.3 is 0 Å². The Morgan fingerprint density at radius 1 is 0.500 bits per heavy atom. The molecule has 134 valence electrons. The van der Waals surface area contributed by atoms with Crippen molar-refractivity contribution in [3.05, 3.63) is 107 Å². The van der Waals surface area contributed by atoms with Crippen LogP contribution in [0.15, 0.2) is 72.8 Å². The maximum atomic E-state index is 12.9. The van der Waals surface area contributed by atoms with Gasteiger partial charge in [0.2, 0.25) is 0 Å². The van der Waals surface area contributed by atoms with E-state index in [1.165, 1.54) is 41.0 Å². The van der Waals surface area contributed by atoms with Gasteiger partial charge in [-0.25, -0.2) is 8.78 Å². The number of benzene rings is 3. The van der Waals surface area contributed by atoms with Crippen molar-refractivity contribution in [2.75, 3.05) is 0 Å². The van der Waals surface area contributed by atoms with Crippen molar-refractivity contribution in [2.24, 2.45) is 0 Å². The third-order valence-corrected chi connectivity index (χ3v) is 4.44. The fourth-order valence-electron chi connectivity index (χ4n) is 2.92. The Morgan fingerprint density at radius 2 is 0.846 bits per heavy atom. The summed E-state index contributed by atoms with van der Waals surface area (Å²) in [6, 6.07) is 21.9. The predicted octanol–water partition coefficient (Wildman–Crippen LogP) is 5.43. The van der Waals surface area contributed by atoms with Crippen molar-refractivity contribution in [1.82, 2.24) is 5.32 Å². The Hall–Kier alpha value is -2.52. The zero-order valence-electron chi connectivity index (χ0n) is 14.7. The number of nitrogens with one attached hydrogen (secondary N) is 1. The topological polar surface area (TPSA) is 12.0 Å². The zero-order chi connectivity index (χ0) is 18.2. The van der Waals surface area contributed by atoms with E-state index >= 15 is 0 Å². The number of halogens is 2. The summed E-state index contributed by atoms with van der Waals surface area (Å²) in [5.41, 5.74) is 4.79. The van der Waals surface area contributed by atoms with Gasteiger partial charge in [0.1, 0.15) is 11.6 Å². The molecule has 0 atom stereocenters. The summed E-state index contributed by atoms with van der Waals surface area (Å²) in [6.45, 7) is 1.51. The van der Waals surface area contributed by atoms with E-state index in [1.807, 2.05) is 12.1 Å². The first-order valence-electron chi connectivity index (χ1n) is 8.96. The summed E-state index contributed by atoms with van der Waals surface area (Å²) in [6.07, 6.45) is 3.02. The van der Waals surface area contributed by atoms with Crippen LogP contribution in [0.1, 0.15) is 28.7 Å². The Morgan fingerprint density at radius 3 is 1.31 bits per heavy atom. The van der Waals surface area contributed by atoms with Gasteiger partial charge in [0, 0.05) is 13.1 Å². The Bertz CT molecular complexity index is 723. The average molecular weight is 351 g/mol. The molecule has 0 spiro atoms. The normalized spacial score (nSPS) is 10.8. The lowest BCUT2D eigenvalue weighted by Crippen LogP contribution is -2.12. The third kappa shape index (κ3) is 5.78. The van der Waals surface area contributed by atoms with Crippen LogP contribution in [0.4, 0.5) is 8.78 Å². The van der Waals surface area contributed by atoms with Gasteiger partial charge in [0.15, 0.2) is 0 Å². The highest BCUT2D eigenvalue weighted by molar-refractivity contribution is 5.23. The van der Waals surface area contributed by atoms with Crippen molar-refractivity contribution in [2.45, 2.75) is 32.4 Å². The SMILES string of the molecule is Fc1ccc(CCCc2ccc(CNCc3ccc(F)cc3)cc2)cc1. The van der Waals surface area contributed by atoms with Crippen molar-refractivity contribution in [3.8, 4) is 0 Å². The van der Waals surface area contributed by atoms with Crippen LogP contribution in [0.25, 0.3) is 0 Å². The lowest BCUT2D eigenvalue weighted by molar-refractivity contribution is 0.624. The second kappa shape index (κ2) is 9.25. The van der Waals surface area contributed by atoms with Gasteiger partial charge in [-0.3, -0.25) is 0 Å².